The van der Waals surface area contributed by atoms with Crippen molar-refractivity contribution >= 4 is 5.97 Å². The molecule has 88 valence electrons. The number of carbonyl (C=O) groups is 1. The molecule has 4 heteroatoms. The van der Waals surface area contributed by atoms with Gasteiger partial charge in [0.15, 0.2) is 0 Å². The topological polar surface area (TPSA) is 47.6 Å². The van der Waals surface area contributed by atoms with E-state index in [1.165, 1.54) is 12.8 Å². The molecule has 1 aliphatic heterocycles. The molecule has 0 aromatic rings. The molecule has 1 N–H and O–H groups in total. The van der Waals surface area contributed by atoms with Crippen LogP contribution in [0.3, 0.4) is 0 Å². The molecular weight excluding hydrogens is 194 g/mol. The molecule has 15 heavy (non-hydrogen) atoms. The van der Waals surface area contributed by atoms with Gasteiger partial charge in [0.1, 0.15) is 0 Å². The number of rotatable bonds is 6. The molecule has 0 aliphatic carbocycles. The number of esters is 1. The molecule has 4 nitrogen and oxygen atoms in total. The van der Waals surface area contributed by atoms with Crippen LogP contribution in [0.2, 0.25) is 0 Å². The van der Waals surface area contributed by atoms with E-state index in [0.717, 1.165) is 19.7 Å². The smallest absolute Gasteiger partial charge is 0.308 e. The van der Waals surface area contributed by atoms with Gasteiger partial charge in [-0.1, -0.05) is 0 Å². The van der Waals surface area contributed by atoms with Gasteiger partial charge in [0, 0.05) is 6.54 Å². The van der Waals surface area contributed by atoms with Crippen LogP contribution in [-0.4, -0.2) is 38.9 Å². The van der Waals surface area contributed by atoms with Gasteiger partial charge in [-0.3, -0.25) is 4.79 Å². The van der Waals surface area contributed by atoms with Gasteiger partial charge in [0.2, 0.25) is 0 Å². The van der Waals surface area contributed by atoms with Gasteiger partial charge in [-0.15, -0.1) is 0 Å². The lowest BCUT2D eigenvalue weighted by atomic mass is 10.0. The summed E-state index contributed by atoms with van der Waals surface area (Å²) in [5, 5.41) is 3.33. The predicted molar refractivity (Wildman–Crippen MR) is 57.7 cm³/mol. The SMILES string of the molecule is CCOC(=O)CCOCC1CCCNC1. The average molecular weight is 215 g/mol. The zero-order valence-electron chi connectivity index (χ0n) is 9.46. The van der Waals surface area contributed by atoms with E-state index in [0.29, 0.717) is 25.6 Å². The molecule has 1 heterocycles. The summed E-state index contributed by atoms with van der Waals surface area (Å²) in [5.41, 5.74) is 0. The van der Waals surface area contributed by atoms with Crippen molar-refractivity contribution in [3.05, 3.63) is 0 Å². The third-order valence-electron chi connectivity index (χ3n) is 2.51. The van der Waals surface area contributed by atoms with Crippen LogP contribution in [0.4, 0.5) is 0 Å². The first-order chi connectivity index (χ1) is 7.33. The number of hydrogen-bond donors (Lipinski definition) is 1. The van der Waals surface area contributed by atoms with E-state index in [2.05, 4.69) is 5.32 Å². The van der Waals surface area contributed by atoms with Gasteiger partial charge in [-0.05, 0) is 32.2 Å². The molecule has 1 fully saturated rings. The van der Waals surface area contributed by atoms with Gasteiger partial charge in [0.25, 0.3) is 0 Å². The summed E-state index contributed by atoms with van der Waals surface area (Å²) in [5.74, 6) is 0.445. The lowest BCUT2D eigenvalue weighted by Gasteiger charge is -2.22. The van der Waals surface area contributed by atoms with Crippen LogP contribution < -0.4 is 5.32 Å². The monoisotopic (exact) mass is 215 g/mol. The Morgan fingerprint density at radius 2 is 2.40 bits per heavy atom. The van der Waals surface area contributed by atoms with Crippen LogP contribution in [0.1, 0.15) is 26.2 Å². The molecular formula is C11H21NO3. The first-order valence-corrected chi connectivity index (χ1v) is 5.77. The lowest BCUT2D eigenvalue weighted by Crippen LogP contribution is -2.32. The zero-order chi connectivity index (χ0) is 10.9. The van der Waals surface area contributed by atoms with E-state index in [1.807, 2.05) is 6.92 Å². The second kappa shape index (κ2) is 7.65. The van der Waals surface area contributed by atoms with E-state index >= 15 is 0 Å². The molecule has 1 atom stereocenters. The van der Waals surface area contributed by atoms with Crippen molar-refractivity contribution in [1.82, 2.24) is 5.32 Å². The van der Waals surface area contributed by atoms with Crippen LogP contribution in [0, 0.1) is 5.92 Å². The number of carbonyl (C=O) groups excluding carboxylic acids is 1. The van der Waals surface area contributed by atoms with E-state index < -0.39 is 0 Å². The maximum atomic E-state index is 11.0. The van der Waals surface area contributed by atoms with Gasteiger partial charge < -0.3 is 14.8 Å². The highest BCUT2D eigenvalue weighted by Crippen LogP contribution is 2.09. The van der Waals surface area contributed by atoms with E-state index in [-0.39, 0.29) is 5.97 Å². The minimum atomic E-state index is -0.167. The Bertz CT molecular complexity index is 179. The minimum absolute atomic E-state index is 0.167. The fraction of sp³-hybridized carbons (Fsp3) is 0.909. The van der Waals surface area contributed by atoms with Crippen LogP contribution in [0.15, 0.2) is 0 Å². The summed E-state index contributed by atoms with van der Waals surface area (Å²) in [7, 11) is 0. The minimum Gasteiger partial charge on any atom is -0.466 e. The van der Waals surface area contributed by atoms with Crippen molar-refractivity contribution in [2.75, 3.05) is 32.9 Å². The van der Waals surface area contributed by atoms with Crippen LogP contribution in [-0.2, 0) is 14.3 Å². The summed E-state index contributed by atoms with van der Waals surface area (Å²) in [6.45, 7) is 5.66. The van der Waals surface area contributed by atoms with Crippen molar-refractivity contribution in [2.45, 2.75) is 26.2 Å². The molecule has 0 saturated carbocycles. The van der Waals surface area contributed by atoms with Crippen LogP contribution >= 0.6 is 0 Å². The van der Waals surface area contributed by atoms with Crippen molar-refractivity contribution in [2.24, 2.45) is 5.92 Å². The van der Waals surface area contributed by atoms with Crippen LogP contribution in [0.25, 0.3) is 0 Å². The Labute approximate surface area is 91.3 Å². The maximum absolute atomic E-state index is 11.0. The van der Waals surface area contributed by atoms with Crippen molar-refractivity contribution in [3.8, 4) is 0 Å². The molecule has 0 amide bonds. The first kappa shape index (κ1) is 12.5. The number of piperidine rings is 1. The average Bonchev–Trinajstić information content (AvgIpc) is 2.26. The van der Waals surface area contributed by atoms with E-state index in [4.69, 9.17) is 9.47 Å². The Morgan fingerprint density at radius 3 is 3.07 bits per heavy atom. The lowest BCUT2D eigenvalue weighted by molar-refractivity contribution is -0.144. The van der Waals surface area contributed by atoms with Gasteiger partial charge in [-0.25, -0.2) is 0 Å². The highest BCUT2D eigenvalue weighted by Gasteiger charge is 2.12. The van der Waals surface area contributed by atoms with Crippen LogP contribution in [0.5, 0.6) is 0 Å². The zero-order valence-corrected chi connectivity index (χ0v) is 9.46. The second-order valence-electron chi connectivity index (χ2n) is 3.84. The molecule has 0 radical (unpaired) electrons. The molecule has 0 aromatic carbocycles. The summed E-state index contributed by atoms with van der Waals surface area (Å²) in [6, 6.07) is 0. The summed E-state index contributed by atoms with van der Waals surface area (Å²) < 4.78 is 10.3. The van der Waals surface area contributed by atoms with Gasteiger partial charge >= 0.3 is 5.97 Å². The second-order valence-corrected chi connectivity index (χ2v) is 3.84. The molecule has 1 aliphatic rings. The van der Waals surface area contributed by atoms with Gasteiger partial charge in [0.05, 0.1) is 26.2 Å². The third-order valence-corrected chi connectivity index (χ3v) is 2.51. The Balaban J connectivity index is 1.93. The van der Waals surface area contributed by atoms with E-state index in [9.17, 15) is 4.79 Å². The third kappa shape index (κ3) is 5.74. The largest absolute Gasteiger partial charge is 0.466 e. The van der Waals surface area contributed by atoms with E-state index in [1.54, 1.807) is 0 Å². The molecule has 1 rings (SSSR count). The van der Waals surface area contributed by atoms with Crippen molar-refractivity contribution in [1.29, 1.82) is 0 Å². The summed E-state index contributed by atoms with van der Waals surface area (Å²) in [6.07, 6.45) is 2.83. The fourth-order valence-electron chi connectivity index (χ4n) is 1.70. The molecule has 0 spiro atoms. The Morgan fingerprint density at radius 1 is 1.53 bits per heavy atom. The number of nitrogens with one attached hydrogen (secondary N) is 1. The standard InChI is InChI=1S/C11H21NO3/c1-2-15-11(13)5-7-14-9-10-4-3-6-12-8-10/h10,12H,2-9H2,1H3. The van der Waals surface area contributed by atoms with Crippen molar-refractivity contribution in [3.63, 3.8) is 0 Å². The summed E-state index contributed by atoms with van der Waals surface area (Å²) >= 11 is 0. The number of hydrogen-bond acceptors (Lipinski definition) is 4. The molecule has 0 bridgehead atoms. The highest BCUT2D eigenvalue weighted by molar-refractivity contribution is 5.69. The molecule has 0 aromatic heterocycles. The quantitative estimate of drug-likeness (QED) is 0.529. The van der Waals surface area contributed by atoms with Crippen molar-refractivity contribution < 1.29 is 14.3 Å². The normalized spacial score (nSPS) is 21.3. The highest BCUT2D eigenvalue weighted by atomic mass is 16.5. The fourth-order valence-corrected chi connectivity index (χ4v) is 1.70. The molecule has 1 unspecified atom stereocenters. The Hall–Kier alpha value is -0.610. The number of ether oxygens (including phenoxy) is 2. The maximum Gasteiger partial charge on any atom is 0.308 e. The summed E-state index contributed by atoms with van der Waals surface area (Å²) in [4.78, 5) is 11.0. The predicted octanol–water partition coefficient (Wildman–Crippen LogP) is 0.956. The van der Waals surface area contributed by atoms with Gasteiger partial charge in [-0.2, -0.15) is 0 Å². The Kier molecular flexibility index (Phi) is 6.36. The first-order valence-electron chi connectivity index (χ1n) is 5.77. The molecule has 1 saturated heterocycles.